The summed E-state index contributed by atoms with van der Waals surface area (Å²) in [5.74, 6) is -0.140. The van der Waals surface area contributed by atoms with E-state index in [4.69, 9.17) is 23.2 Å². The Hall–Kier alpha value is -1.07. The smallest absolute Gasteiger partial charge is 0.238 e. The summed E-state index contributed by atoms with van der Waals surface area (Å²) in [5.41, 5.74) is 1.65. The van der Waals surface area contributed by atoms with Crippen molar-refractivity contribution >= 4 is 50.7 Å². The molecule has 0 atom stereocenters. The van der Waals surface area contributed by atoms with Gasteiger partial charge in [0, 0.05) is 11.0 Å². The molecule has 0 aliphatic rings. The van der Waals surface area contributed by atoms with Crippen LogP contribution in [0, 0.1) is 0 Å². The highest BCUT2D eigenvalue weighted by molar-refractivity contribution is 9.10. The Balaban J connectivity index is 1.94. The Bertz CT molecular complexity index is 679. The number of nitrogens with zero attached hydrogens (tertiary/aromatic N) is 1. The van der Waals surface area contributed by atoms with Gasteiger partial charge < -0.3 is 5.32 Å². The summed E-state index contributed by atoms with van der Waals surface area (Å²) < 4.78 is 1.03. The summed E-state index contributed by atoms with van der Waals surface area (Å²) in [5, 5.41) is 3.54. The predicted molar refractivity (Wildman–Crippen MR) is 95.6 cm³/mol. The van der Waals surface area contributed by atoms with Gasteiger partial charge in [-0.15, -0.1) is 0 Å². The van der Waals surface area contributed by atoms with E-state index in [1.807, 2.05) is 36.2 Å². The zero-order valence-corrected chi connectivity index (χ0v) is 15.0. The minimum atomic E-state index is -0.140. The average Bonchev–Trinajstić information content (AvgIpc) is 2.46. The van der Waals surface area contributed by atoms with Crippen LogP contribution in [0.5, 0.6) is 0 Å². The second kappa shape index (κ2) is 7.97. The third kappa shape index (κ3) is 4.71. The quantitative estimate of drug-likeness (QED) is 0.778. The van der Waals surface area contributed by atoms with Gasteiger partial charge >= 0.3 is 0 Å². The van der Waals surface area contributed by atoms with E-state index < -0.39 is 0 Å². The van der Waals surface area contributed by atoms with Crippen LogP contribution in [0.4, 0.5) is 5.69 Å². The molecular weight excluding hydrogens is 387 g/mol. The minimum Gasteiger partial charge on any atom is -0.324 e. The standard InChI is InChI=1S/C16H15BrCl2N2O/c1-21(9-11-5-2-3-6-12(11)17)10-15(22)20-14-8-4-7-13(18)16(14)19/h2-8H,9-10H2,1H3,(H,20,22). The highest BCUT2D eigenvalue weighted by atomic mass is 79.9. The minimum absolute atomic E-state index is 0.140. The maximum atomic E-state index is 12.1. The van der Waals surface area contributed by atoms with Gasteiger partial charge in [0.1, 0.15) is 0 Å². The molecule has 1 N–H and O–H groups in total. The van der Waals surface area contributed by atoms with Crippen molar-refractivity contribution < 1.29 is 4.79 Å². The average molecular weight is 402 g/mol. The number of amides is 1. The van der Waals surface area contributed by atoms with Crippen molar-refractivity contribution in [3.8, 4) is 0 Å². The normalized spacial score (nSPS) is 10.8. The Labute approximate surface area is 148 Å². The van der Waals surface area contributed by atoms with Gasteiger partial charge in [-0.25, -0.2) is 0 Å². The molecule has 2 rings (SSSR count). The van der Waals surface area contributed by atoms with E-state index in [1.54, 1.807) is 18.2 Å². The van der Waals surface area contributed by atoms with Crippen molar-refractivity contribution in [1.82, 2.24) is 4.90 Å². The van der Waals surface area contributed by atoms with Gasteiger partial charge in [-0.2, -0.15) is 0 Å². The van der Waals surface area contributed by atoms with Crippen LogP contribution < -0.4 is 5.32 Å². The number of rotatable bonds is 5. The molecule has 0 fully saturated rings. The molecule has 2 aromatic carbocycles. The number of carbonyl (C=O) groups is 1. The van der Waals surface area contributed by atoms with E-state index in [9.17, 15) is 4.79 Å². The zero-order valence-electron chi connectivity index (χ0n) is 11.9. The van der Waals surface area contributed by atoms with Gasteiger partial charge in [0.05, 0.1) is 22.3 Å². The van der Waals surface area contributed by atoms with Crippen LogP contribution in [-0.4, -0.2) is 24.4 Å². The lowest BCUT2D eigenvalue weighted by atomic mass is 10.2. The first-order chi connectivity index (χ1) is 10.5. The van der Waals surface area contributed by atoms with E-state index in [0.717, 1.165) is 10.0 Å². The first-order valence-electron chi connectivity index (χ1n) is 6.63. The Morgan fingerprint density at radius 2 is 1.91 bits per heavy atom. The number of carbonyl (C=O) groups excluding carboxylic acids is 1. The molecule has 6 heteroatoms. The summed E-state index contributed by atoms with van der Waals surface area (Å²) in [6, 6.07) is 13.1. The Morgan fingerprint density at radius 3 is 2.64 bits per heavy atom. The topological polar surface area (TPSA) is 32.3 Å². The fourth-order valence-corrected chi connectivity index (χ4v) is 2.77. The number of likely N-dealkylation sites (N-methyl/N-ethyl adjacent to an activating group) is 1. The molecule has 116 valence electrons. The van der Waals surface area contributed by atoms with E-state index in [1.165, 1.54) is 0 Å². The molecular formula is C16H15BrCl2N2O. The number of hydrogen-bond donors (Lipinski definition) is 1. The molecule has 0 saturated carbocycles. The van der Waals surface area contributed by atoms with E-state index in [2.05, 4.69) is 21.2 Å². The third-order valence-electron chi connectivity index (χ3n) is 3.04. The summed E-state index contributed by atoms with van der Waals surface area (Å²) in [6.45, 7) is 0.919. The largest absolute Gasteiger partial charge is 0.324 e. The maximum absolute atomic E-state index is 12.1. The van der Waals surface area contributed by atoms with Gasteiger partial charge in [-0.3, -0.25) is 9.69 Å². The highest BCUT2D eigenvalue weighted by Crippen LogP contribution is 2.29. The van der Waals surface area contributed by atoms with Crippen molar-refractivity contribution in [3.63, 3.8) is 0 Å². The SMILES string of the molecule is CN(CC(=O)Nc1cccc(Cl)c1Cl)Cc1ccccc1Br. The van der Waals surface area contributed by atoms with Crippen LogP contribution in [0.1, 0.15) is 5.56 Å². The molecule has 0 radical (unpaired) electrons. The van der Waals surface area contributed by atoms with Crippen LogP contribution in [0.3, 0.4) is 0 Å². The maximum Gasteiger partial charge on any atom is 0.238 e. The number of anilines is 1. The molecule has 3 nitrogen and oxygen atoms in total. The molecule has 1 amide bonds. The van der Waals surface area contributed by atoms with Crippen molar-refractivity contribution in [2.24, 2.45) is 0 Å². The highest BCUT2D eigenvalue weighted by Gasteiger charge is 2.11. The van der Waals surface area contributed by atoms with Crippen molar-refractivity contribution in [2.75, 3.05) is 18.9 Å². The zero-order chi connectivity index (χ0) is 16.1. The lowest BCUT2D eigenvalue weighted by Gasteiger charge is -2.17. The first kappa shape index (κ1) is 17.3. The van der Waals surface area contributed by atoms with Gasteiger partial charge in [0.2, 0.25) is 5.91 Å². The van der Waals surface area contributed by atoms with Crippen LogP contribution >= 0.6 is 39.1 Å². The third-order valence-corrected chi connectivity index (χ3v) is 4.63. The van der Waals surface area contributed by atoms with E-state index >= 15 is 0 Å². The number of hydrogen-bond acceptors (Lipinski definition) is 2. The number of nitrogens with one attached hydrogen (secondary N) is 1. The molecule has 0 aliphatic heterocycles. The Kier molecular flexibility index (Phi) is 6.26. The summed E-state index contributed by atoms with van der Waals surface area (Å²) in [6.07, 6.45) is 0. The van der Waals surface area contributed by atoms with E-state index in [0.29, 0.717) is 22.3 Å². The van der Waals surface area contributed by atoms with Gasteiger partial charge in [-0.05, 0) is 30.8 Å². The number of benzene rings is 2. The molecule has 2 aromatic rings. The second-order valence-corrected chi connectivity index (χ2v) is 6.55. The summed E-state index contributed by atoms with van der Waals surface area (Å²) >= 11 is 15.5. The molecule has 0 saturated heterocycles. The molecule has 22 heavy (non-hydrogen) atoms. The molecule has 0 heterocycles. The Morgan fingerprint density at radius 1 is 1.18 bits per heavy atom. The fourth-order valence-electron chi connectivity index (χ4n) is 2.01. The first-order valence-corrected chi connectivity index (χ1v) is 8.18. The second-order valence-electron chi connectivity index (χ2n) is 4.91. The predicted octanol–water partition coefficient (Wildman–Crippen LogP) is 4.83. The lowest BCUT2D eigenvalue weighted by molar-refractivity contribution is -0.117. The number of halogens is 3. The lowest BCUT2D eigenvalue weighted by Crippen LogP contribution is -2.30. The van der Waals surface area contributed by atoms with Crippen LogP contribution in [0.25, 0.3) is 0 Å². The van der Waals surface area contributed by atoms with Crippen molar-refractivity contribution in [2.45, 2.75) is 6.54 Å². The van der Waals surface area contributed by atoms with Gasteiger partial charge in [0.15, 0.2) is 0 Å². The molecule has 0 aliphatic carbocycles. The van der Waals surface area contributed by atoms with Crippen molar-refractivity contribution in [1.29, 1.82) is 0 Å². The van der Waals surface area contributed by atoms with Crippen molar-refractivity contribution in [3.05, 3.63) is 62.5 Å². The summed E-state index contributed by atoms with van der Waals surface area (Å²) in [7, 11) is 1.89. The summed E-state index contributed by atoms with van der Waals surface area (Å²) in [4.78, 5) is 14.0. The molecule has 0 bridgehead atoms. The monoisotopic (exact) mass is 400 g/mol. The van der Waals surface area contributed by atoms with Crippen LogP contribution in [0.2, 0.25) is 10.0 Å². The van der Waals surface area contributed by atoms with E-state index in [-0.39, 0.29) is 12.5 Å². The fraction of sp³-hybridized carbons (Fsp3) is 0.188. The molecule has 0 aromatic heterocycles. The molecule has 0 unspecified atom stereocenters. The van der Waals surface area contributed by atoms with Crippen LogP contribution in [-0.2, 0) is 11.3 Å². The van der Waals surface area contributed by atoms with Crippen LogP contribution in [0.15, 0.2) is 46.9 Å². The van der Waals surface area contributed by atoms with Gasteiger partial charge in [0.25, 0.3) is 0 Å². The molecule has 0 spiro atoms. The van der Waals surface area contributed by atoms with Gasteiger partial charge in [-0.1, -0.05) is 63.4 Å².